The Morgan fingerprint density at radius 3 is 2.87 bits per heavy atom. The van der Waals surface area contributed by atoms with E-state index in [9.17, 15) is 13.6 Å². The molecule has 0 saturated heterocycles. The lowest BCUT2D eigenvalue weighted by molar-refractivity contribution is 0.101. The quantitative estimate of drug-likeness (QED) is 0.470. The van der Waals surface area contributed by atoms with E-state index >= 15 is 0 Å². The van der Waals surface area contributed by atoms with Crippen molar-refractivity contribution in [1.82, 2.24) is 29.5 Å². The highest BCUT2D eigenvalue weighted by Crippen LogP contribution is 2.22. The van der Waals surface area contributed by atoms with Crippen molar-refractivity contribution in [1.29, 1.82) is 0 Å². The number of hydrogen-bond acceptors (Lipinski definition) is 6. The first kappa shape index (κ1) is 20.4. The summed E-state index contributed by atoms with van der Waals surface area (Å²) in [5, 5.41) is 14.0. The maximum absolute atomic E-state index is 12.5. The van der Waals surface area contributed by atoms with Crippen molar-refractivity contribution in [3.05, 3.63) is 60.2 Å². The fourth-order valence-corrected chi connectivity index (χ4v) is 3.10. The monoisotopic (exact) mass is 426 g/mol. The Morgan fingerprint density at radius 1 is 1.23 bits per heavy atom. The van der Waals surface area contributed by atoms with Crippen molar-refractivity contribution in [3.8, 4) is 0 Å². The highest BCUT2D eigenvalue weighted by atomic mass is 19.3. The Balaban J connectivity index is 1.44. The Labute approximate surface area is 176 Å². The molecule has 0 aliphatic carbocycles. The van der Waals surface area contributed by atoms with Crippen molar-refractivity contribution < 1.29 is 13.6 Å². The van der Waals surface area contributed by atoms with Gasteiger partial charge in [-0.05, 0) is 30.7 Å². The summed E-state index contributed by atoms with van der Waals surface area (Å²) >= 11 is 0. The van der Waals surface area contributed by atoms with E-state index in [0.717, 1.165) is 10.2 Å². The Hall–Kier alpha value is -3.89. The molecule has 1 amide bonds. The van der Waals surface area contributed by atoms with Gasteiger partial charge in [-0.15, -0.1) is 0 Å². The Bertz CT molecular complexity index is 1220. The second-order valence-corrected chi connectivity index (χ2v) is 6.99. The molecule has 0 bridgehead atoms. The van der Waals surface area contributed by atoms with Gasteiger partial charge in [-0.1, -0.05) is 12.1 Å². The summed E-state index contributed by atoms with van der Waals surface area (Å²) in [6.07, 6.45) is 2.11. The molecule has 0 aliphatic heterocycles. The van der Waals surface area contributed by atoms with E-state index in [0.29, 0.717) is 22.7 Å². The van der Waals surface area contributed by atoms with Crippen LogP contribution in [0.15, 0.2) is 48.9 Å². The van der Waals surface area contributed by atoms with Crippen LogP contribution in [0.25, 0.3) is 11.2 Å². The molecule has 9 nitrogen and oxygen atoms in total. The van der Waals surface area contributed by atoms with Gasteiger partial charge in [0, 0.05) is 18.9 Å². The van der Waals surface area contributed by atoms with Crippen molar-refractivity contribution in [2.24, 2.45) is 7.05 Å². The van der Waals surface area contributed by atoms with Gasteiger partial charge in [0.15, 0.2) is 11.3 Å². The summed E-state index contributed by atoms with van der Waals surface area (Å²) in [7, 11) is 1.80. The van der Waals surface area contributed by atoms with Crippen molar-refractivity contribution in [3.63, 3.8) is 0 Å². The van der Waals surface area contributed by atoms with Crippen LogP contribution in [-0.4, -0.2) is 41.9 Å². The summed E-state index contributed by atoms with van der Waals surface area (Å²) < 4.78 is 27.6. The van der Waals surface area contributed by atoms with Crippen molar-refractivity contribution >= 4 is 28.6 Å². The van der Waals surface area contributed by atoms with Gasteiger partial charge in [0.1, 0.15) is 17.9 Å². The van der Waals surface area contributed by atoms with E-state index in [1.165, 1.54) is 12.3 Å². The molecule has 31 heavy (non-hydrogen) atoms. The number of rotatable bonds is 7. The molecule has 160 valence electrons. The number of benzene rings is 1. The smallest absolute Gasteiger partial charge is 0.276 e. The standard InChI is InChI=1S/C20H20F2N8O/c1-12(25-18-10-23-16-9-24-29(2)19(16)27-18)13-4-3-5-14(8-13)26-20(31)15-6-7-30(28-15)11-17(21)22/h3-10,12,17H,11H2,1-2H3,(H,25,27)(H,26,31)/t12-/m0/s1. The van der Waals surface area contributed by atoms with Crippen LogP contribution in [-0.2, 0) is 13.6 Å². The van der Waals surface area contributed by atoms with E-state index in [4.69, 9.17) is 0 Å². The van der Waals surface area contributed by atoms with Crippen LogP contribution in [0, 0.1) is 0 Å². The predicted octanol–water partition coefficient (Wildman–Crippen LogP) is 3.25. The molecule has 3 aromatic heterocycles. The number of amides is 1. The number of anilines is 2. The molecular weight excluding hydrogens is 406 g/mol. The Kier molecular flexibility index (Phi) is 5.56. The minimum atomic E-state index is -2.54. The number of carbonyl (C=O) groups is 1. The second kappa shape index (κ2) is 8.46. The summed E-state index contributed by atoms with van der Waals surface area (Å²) in [5.74, 6) is 0.126. The average molecular weight is 426 g/mol. The zero-order valence-corrected chi connectivity index (χ0v) is 16.8. The Morgan fingerprint density at radius 2 is 2.06 bits per heavy atom. The van der Waals surface area contributed by atoms with Crippen LogP contribution in [0.1, 0.15) is 29.0 Å². The highest BCUT2D eigenvalue weighted by Gasteiger charge is 2.14. The third-order valence-corrected chi connectivity index (χ3v) is 4.65. The molecule has 2 N–H and O–H groups in total. The number of hydrogen-bond donors (Lipinski definition) is 2. The summed E-state index contributed by atoms with van der Waals surface area (Å²) in [6, 6.07) is 8.57. The van der Waals surface area contributed by atoms with Crippen molar-refractivity contribution in [2.75, 3.05) is 10.6 Å². The first-order chi connectivity index (χ1) is 14.9. The molecule has 0 spiro atoms. The summed E-state index contributed by atoms with van der Waals surface area (Å²) in [5.41, 5.74) is 2.92. The number of carbonyl (C=O) groups excluding carboxylic acids is 1. The van der Waals surface area contributed by atoms with Crippen molar-refractivity contribution in [2.45, 2.75) is 25.9 Å². The molecule has 3 heterocycles. The molecular formula is C20H20F2N8O. The number of aryl methyl sites for hydroxylation is 1. The molecule has 4 aromatic rings. The van der Waals surface area contributed by atoms with Crippen LogP contribution in [0.2, 0.25) is 0 Å². The predicted molar refractivity (Wildman–Crippen MR) is 111 cm³/mol. The van der Waals surface area contributed by atoms with E-state index in [1.54, 1.807) is 30.2 Å². The number of aromatic nitrogens is 6. The molecule has 0 fully saturated rings. The second-order valence-electron chi connectivity index (χ2n) is 6.99. The number of halogens is 2. The molecule has 11 heteroatoms. The lowest BCUT2D eigenvalue weighted by Crippen LogP contribution is -2.15. The van der Waals surface area contributed by atoms with Gasteiger partial charge in [-0.2, -0.15) is 10.2 Å². The molecule has 0 unspecified atom stereocenters. The van der Waals surface area contributed by atoms with Crippen LogP contribution in [0.4, 0.5) is 20.3 Å². The third-order valence-electron chi connectivity index (χ3n) is 4.65. The average Bonchev–Trinajstić information content (AvgIpc) is 3.35. The van der Waals surface area contributed by atoms with E-state index < -0.39 is 18.9 Å². The summed E-state index contributed by atoms with van der Waals surface area (Å²) in [4.78, 5) is 21.3. The molecule has 0 radical (unpaired) electrons. The largest absolute Gasteiger partial charge is 0.362 e. The maximum Gasteiger partial charge on any atom is 0.276 e. The zero-order valence-electron chi connectivity index (χ0n) is 16.8. The fourth-order valence-electron chi connectivity index (χ4n) is 3.10. The van der Waals surface area contributed by atoms with Gasteiger partial charge in [-0.3, -0.25) is 9.48 Å². The SMILES string of the molecule is C[C@H](Nc1cnc2cnn(C)c2n1)c1cccc(NC(=O)c2ccn(CC(F)F)n2)c1. The number of alkyl halides is 2. The maximum atomic E-state index is 12.5. The van der Waals surface area contributed by atoms with Crippen LogP contribution < -0.4 is 10.6 Å². The lowest BCUT2D eigenvalue weighted by Gasteiger charge is -2.16. The third kappa shape index (κ3) is 4.65. The minimum Gasteiger partial charge on any atom is -0.362 e. The number of nitrogens with one attached hydrogen (secondary N) is 2. The first-order valence-corrected chi connectivity index (χ1v) is 9.53. The fraction of sp³-hybridized carbons (Fsp3) is 0.250. The van der Waals surface area contributed by atoms with E-state index in [2.05, 4.69) is 30.8 Å². The van der Waals surface area contributed by atoms with Gasteiger partial charge in [-0.25, -0.2) is 23.4 Å². The van der Waals surface area contributed by atoms with Gasteiger partial charge in [0.25, 0.3) is 12.3 Å². The number of fused-ring (bicyclic) bond motifs is 1. The molecule has 4 rings (SSSR count). The van der Waals surface area contributed by atoms with Gasteiger partial charge in [0.2, 0.25) is 0 Å². The van der Waals surface area contributed by atoms with Crippen LogP contribution in [0.3, 0.4) is 0 Å². The van der Waals surface area contributed by atoms with Gasteiger partial charge < -0.3 is 10.6 Å². The molecule has 0 saturated carbocycles. The first-order valence-electron chi connectivity index (χ1n) is 9.53. The molecule has 1 atom stereocenters. The molecule has 1 aromatic carbocycles. The molecule has 0 aliphatic rings. The minimum absolute atomic E-state index is 0.0666. The topological polar surface area (TPSA) is 103 Å². The summed E-state index contributed by atoms with van der Waals surface area (Å²) in [6.45, 7) is 1.40. The van der Waals surface area contributed by atoms with Crippen LogP contribution >= 0.6 is 0 Å². The number of nitrogens with zero attached hydrogens (tertiary/aromatic N) is 6. The zero-order chi connectivity index (χ0) is 22.0. The van der Waals surface area contributed by atoms with E-state index in [-0.39, 0.29) is 11.7 Å². The van der Waals surface area contributed by atoms with Gasteiger partial charge >= 0.3 is 0 Å². The van der Waals surface area contributed by atoms with Gasteiger partial charge in [0.05, 0.1) is 18.4 Å². The highest BCUT2D eigenvalue weighted by molar-refractivity contribution is 6.02. The lowest BCUT2D eigenvalue weighted by atomic mass is 10.1. The van der Waals surface area contributed by atoms with Crippen LogP contribution in [0.5, 0.6) is 0 Å². The van der Waals surface area contributed by atoms with E-state index in [1.807, 2.05) is 25.1 Å². The normalized spacial score (nSPS) is 12.3.